The van der Waals surface area contributed by atoms with Crippen LogP contribution in [0.4, 0.5) is 16.2 Å². The van der Waals surface area contributed by atoms with Gasteiger partial charge in [-0.25, -0.2) is 4.79 Å². The summed E-state index contributed by atoms with van der Waals surface area (Å²) >= 11 is 6.08. The molecule has 0 spiro atoms. The molecule has 3 rings (SSSR count). The molecule has 0 bridgehead atoms. The van der Waals surface area contributed by atoms with Crippen molar-refractivity contribution in [3.8, 4) is 5.69 Å². The number of rotatable bonds is 4. The van der Waals surface area contributed by atoms with E-state index in [-0.39, 0.29) is 23.6 Å². The molecule has 2 aromatic rings. The van der Waals surface area contributed by atoms with Crippen LogP contribution >= 0.6 is 11.6 Å². The predicted molar refractivity (Wildman–Crippen MR) is 128 cm³/mol. The Morgan fingerprint density at radius 1 is 1.15 bits per heavy atom. The standard InChI is InChI=1S/C23H30ClN5O4/c1-15(2)20(30)26-19-18(14-25-29(21(19)31)17-8-6-7-16(24)13-17)27-9-11-28(12-10-27)22(32)33-23(3,4)5/h6-8,13-15H,9-12H2,1-5H3,(H,26,30). The zero-order valence-corrected chi connectivity index (χ0v) is 20.3. The highest BCUT2D eigenvalue weighted by Gasteiger charge is 2.28. The van der Waals surface area contributed by atoms with Gasteiger partial charge in [-0.15, -0.1) is 0 Å². The maximum absolute atomic E-state index is 13.4. The highest BCUT2D eigenvalue weighted by atomic mass is 35.5. The molecule has 0 aliphatic carbocycles. The zero-order valence-electron chi connectivity index (χ0n) is 19.6. The molecule has 0 saturated carbocycles. The largest absolute Gasteiger partial charge is 0.444 e. The van der Waals surface area contributed by atoms with Gasteiger partial charge < -0.3 is 19.9 Å². The molecular formula is C23H30ClN5O4. The number of halogens is 1. The summed E-state index contributed by atoms with van der Waals surface area (Å²) in [5, 5.41) is 7.57. The minimum absolute atomic E-state index is 0.148. The average Bonchev–Trinajstić information content (AvgIpc) is 2.74. The molecule has 1 aromatic heterocycles. The van der Waals surface area contributed by atoms with Gasteiger partial charge in [0.15, 0.2) is 0 Å². The van der Waals surface area contributed by atoms with Crippen LogP contribution in [0.5, 0.6) is 0 Å². The van der Waals surface area contributed by atoms with Crippen molar-refractivity contribution in [3.05, 3.63) is 45.8 Å². The van der Waals surface area contributed by atoms with Gasteiger partial charge in [0.2, 0.25) is 5.91 Å². The average molecular weight is 476 g/mol. The number of ether oxygens (including phenoxy) is 1. The van der Waals surface area contributed by atoms with E-state index in [1.807, 2.05) is 25.7 Å². The SMILES string of the molecule is CC(C)C(=O)Nc1c(N2CCN(C(=O)OC(C)(C)C)CC2)cnn(-c2cccc(Cl)c2)c1=O. The van der Waals surface area contributed by atoms with Gasteiger partial charge in [-0.3, -0.25) is 9.59 Å². The van der Waals surface area contributed by atoms with E-state index in [1.165, 1.54) is 4.68 Å². The molecule has 1 aliphatic heterocycles. The van der Waals surface area contributed by atoms with Crippen molar-refractivity contribution in [1.29, 1.82) is 0 Å². The van der Waals surface area contributed by atoms with Crippen molar-refractivity contribution in [1.82, 2.24) is 14.7 Å². The molecule has 33 heavy (non-hydrogen) atoms. The Labute approximate surface area is 198 Å². The quantitative estimate of drug-likeness (QED) is 0.726. The van der Waals surface area contributed by atoms with Gasteiger partial charge in [0, 0.05) is 37.1 Å². The molecule has 2 amide bonds. The fourth-order valence-electron chi connectivity index (χ4n) is 3.32. The molecule has 1 saturated heterocycles. The van der Waals surface area contributed by atoms with Gasteiger partial charge in [-0.1, -0.05) is 31.5 Å². The van der Waals surface area contributed by atoms with Crippen LogP contribution in [0.3, 0.4) is 0 Å². The third-order valence-electron chi connectivity index (χ3n) is 5.06. The summed E-state index contributed by atoms with van der Waals surface area (Å²) in [5.74, 6) is -0.585. The van der Waals surface area contributed by atoms with E-state index >= 15 is 0 Å². The lowest BCUT2D eigenvalue weighted by molar-refractivity contribution is -0.118. The van der Waals surface area contributed by atoms with Crippen LogP contribution in [-0.2, 0) is 9.53 Å². The van der Waals surface area contributed by atoms with Gasteiger partial charge in [0.1, 0.15) is 11.3 Å². The molecule has 0 atom stereocenters. The van der Waals surface area contributed by atoms with Gasteiger partial charge in [0.05, 0.1) is 17.6 Å². The number of nitrogens with one attached hydrogen (secondary N) is 1. The molecular weight excluding hydrogens is 446 g/mol. The van der Waals surface area contributed by atoms with Crippen molar-refractivity contribution in [2.45, 2.75) is 40.2 Å². The normalized spacial score (nSPS) is 14.4. The lowest BCUT2D eigenvalue weighted by Gasteiger charge is -2.37. The minimum atomic E-state index is -0.572. The highest BCUT2D eigenvalue weighted by Crippen LogP contribution is 2.25. The Morgan fingerprint density at radius 2 is 1.82 bits per heavy atom. The van der Waals surface area contributed by atoms with Crippen LogP contribution in [0.15, 0.2) is 35.3 Å². The molecule has 0 radical (unpaired) electrons. The van der Waals surface area contributed by atoms with Crippen LogP contribution in [0, 0.1) is 5.92 Å². The van der Waals surface area contributed by atoms with Gasteiger partial charge in [-0.05, 0) is 39.0 Å². The summed E-state index contributed by atoms with van der Waals surface area (Å²) in [6.07, 6.45) is 1.19. The number of amides is 2. The van der Waals surface area contributed by atoms with Crippen LogP contribution in [0.1, 0.15) is 34.6 Å². The number of anilines is 2. The molecule has 1 aliphatic rings. The maximum atomic E-state index is 13.4. The second-order valence-corrected chi connectivity index (χ2v) is 9.64. The Morgan fingerprint density at radius 3 is 2.39 bits per heavy atom. The van der Waals surface area contributed by atoms with E-state index in [9.17, 15) is 14.4 Å². The van der Waals surface area contributed by atoms with Crippen LogP contribution < -0.4 is 15.8 Å². The number of piperazine rings is 1. The van der Waals surface area contributed by atoms with E-state index in [0.29, 0.717) is 42.6 Å². The Kier molecular flexibility index (Phi) is 7.31. The van der Waals surface area contributed by atoms with Crippen molar-refractivity contribution in [2.24, 2.45) is 5.92 Å². The van der Waals surface area contributed by atoms with Gasteiger partial charge >= 0.3 is 6.09 Å². The van der Waals surface area contributed by atoms with E-state index < -0.39 is 11.2 Å². The van der Waals surface area contributed by atoms with Gasteiger partial charge in [0.25, 0.3) is 5.56 Å². The van der Waals surface area contributed by atoms with E-state index in [2.05, 4.69) is 10.4 Å². The summed E-state index contributed by atoms with van der Waals surface area (Å²) in [7, 11) is 0. The topological polar surface area (TPSA) is 96.8 Å². The third kappa shape index (κ3) is 6.04. The Bertz CT molecular complexity index is 1080. The first-order valence-electron chi connectivity index (χ1n) is 10.9. The summed E-state index contributed by atoms with van der Waals surface area (Å²) in [4.78, 5) is 41.8. The van der Waals surface area contributed by atoms with Crippen molar-refractivity contribution < 1.29 is 14.3 Å². The van der Waals surface area contributed by atoms with Gasteiger partial charge in [-0.2, -0.15) is 9.78 Å². The van der Waals surface area contributed by atoms with Crippen LogP contribution in [0.25, 0.3) is 5.69 Å². The summed E-state index contributed by atoms with van der Waals surface area (Å²) < 4.78 is 6.66. The lowest BCUT2D eigenvalue weighted by atomic mass is 10.2. The monoisotopic (exact) mass is 475 g/mol. The number of benzene rings is 1. The smallest absolute Gasteiger partial charge is 0.410 e. The number of aromatic nitrogens is 2. The van der Waals surface area contributed by atoms with Crippen molar-refractivity contribution in [3.63, 3.8) is 0 Å². The maximum Gasteiger partial charge on any atom is 0.410 e. The third-order valence-corrected chi connectivity index (χ3v) is 5.29. The van der Waals surface area contributed by atoms with E-state index in [4.69, 9.17) is 16.3 Å². The molecule has 178 valence electrons. The minimum Gasteiger partial charge on any atom is -0.444 e. The van der Waals surface area contributed by atoms with E-state index in [1.54, 1.807) is 49.2 Å². The molecule has 10 heteroatoms. The number of nitrogens with zero attached hydrogens (tertiary/aromatic N) is 4. The van der Waals surface area contributed by atoms with Crippen molar-refractivity contribution in [2.75, 3.05) is 36.4 Å². The Hall–Kier alpha value is -3.07. The van der Waals surface area contributed by atoms with Crippen molar-refractivity contribution >= 4 is 35.0 Å². The highest BCUT2D eigenvalue weighted by molar-refractivity contribution is 6.30. The molecule has 1 aromatic carbocycles. The molecule has 2 heterocycles. The first kappa shape index (κ1) is 24.6. The first-order valence-corrected chi connectivity index (χ1v) is 11.3. The summed E-state index contributed by atoms with van der Waals surface area (Å²) in [6.45, 7) is 10.8. The summed E-state index contributed by atoms with van der Waals surface area (Å²) in [5.41, 5.74) is 0.120. The predicted octanol–water partition coefficient (Wildman–Crippen LogP) is 3.54. The second kappa shape index (κ2) is 9.82. The number of hydrogen-bond acceptors (Lipinski definition) is 6. The fourth-order valence-corrected chi connectivity index (χ4v) is 3.50. The molecule has 1 N–H and O–H groups in total. The number of hydrogen-bond donors (Lipinski definition) is 1. The molecule has 9 nitrogen and oxygen atoms in total. The lowest BCUT2D eigenvalue weighted by Crippen LogP contribution is -2.50. The van der Waals surface area contributed by atoms with Crippen LogP contribution in [0.2, 0.25) is 5.02 Å². The van der Waals surface area contributed by atoms with E-state index in [0.717, 1.165) is 0 Å². The second-order valence-electron chi connectivity index (χ2n) is 9.20. The molecule has 1 fully saturated rings. The molecule has 0 unspecified atom stereocenters. The number of carbonyl (C=O) groups is 2. The van der Waals surface area contributed by atoms with Crippen LogP contribution in [-0.4, -0.2) is 58.5 Å². The zero-order chi connectivity index (χ0) is 24.3. The summed E-state index contributed by atoms with van der Waals surface area (Å²) in [6, 6.07) is 6.77. The Balaban J connectivity index is 1.90. The number of carbonyl (C=O) groups excluding carboxylic acids is 2. The first-order chi connectivity index (χ1) is 15.5. The fraction of sp³-hybridized carbons (Fsp3) is 0.478.